The molecule has 0 bridgehead atoms. The first-order valence-electron chi connectivity index (χ1n) is 5.90. The van der Waals surface area contributed by atoms with E-state index in [9.17, 15) is 21.6 Å². The van der Waals surface area contributed by atoms with E-state index in [2.05, 4.69) is 11.8 Å². The van der Waals surface area contributed by atoms with Crippen LogP contribution >= 0.6 is 0 Å². The fourth-order valence-corrected chi connectivity index (χ4v) is 2.90. The summed E-state index contributed by atoms with van der Waals surface area (Å²) < 4.78 is 61.8. The molecular weight excluding hydrogens is 305 g/mol. The van der Waals surface area contributed by atoms with Crippen LogP contribution in [0.15, 0.2) is 23.1 Å². The van der Waals surface area contributed by atoms with Crippen LogP contribution in [0.2, 0.25) is 0 Å². The molecule has 0 fully saturated rings. The van der Waals surface area contributed by atoms with Crippen molar-refractivity contribution < 1.29 is 21.6 Å². The number of hydrogen-bond acceptors (Lipinski definition) is 3. The zero-order chi connectivity index (χ0) is 16.3. The first-order chi connectivity index (χ1) is 9.58. The van der Waals surface area contributed by atoms with Gasteiger partial charge in [0.1, 0.15) is 6.54 Å². The molecule has 0 saturated carbocycles. The summed E-state index contributed by atoms with van der Waals surface area (Å²) in [7, 11) is -3.40. The molecule has 0 unspecified atom stereocenters. The van der Waals surface area contributed by atoms with E-state index in [4.69, 9.17) is 5.73 Å². The van der Waals surface area contributed by atoms with Gasteiger partial charge in [0.25, 0.3) is 0 Å². The van der Waals surface area contributed by atoms with Gasteiger partial charge in [0.05, 0.1) is 11.4 Å². The molecule has 1 rings (SSSR count). The van der Waals surface area contributed by atoms with Gasteiger partial charge in [-0.3, -0.25) is 0 Å². The van der Waals surface area contributed by atoms with E-state index < -0.39 is 22.7 Å². The van der Waals surface area contributed by atoms with Crippen molar-refractivity contribution in [1.29, 1.82) is 0 Å². The number of nitrogens with two attached hydrogens (primary N) is 1. The number of nitrogens with zero attached hydrogens (tertiary/aromatic N) is 1. The summed E-state index contributed by atoms with van der Waals surface area (Å²) in [5.41, 5.74) is 6.11. The molecule has 0 aliphatic heterocycles. The Morgan fingerprint density at radius 1 is 1.33 bits per heavy atom. The normalized spacial score (nSPS) is 12.1. The van der Waals surface area contributed by atoms with Crippen LogP contribution in [0.5, 0.6) is 0 Å². The molecule has 0 heterocycles. The summed E-state index contributed by atoms with van der Waals surface area (Å²) in [6.45, 7) is 0.183. The summed E-state index contributed by atoms with van der Waals surface area (Å²) >= 11 is 0. The first kappa shape index (κ1) is 17.5. The molecule has 1 aromatic carbocycles. The number of aryl methyl sites for hydroxylation is 1. The van der Waals surface area contributed by atoms with Crippen LogP contribution in [0.1, 0.15) is 11.1 Å². The number of alkyl halides is 3. The minimum absolute atomic E-state index is 0.0197. The lowest BCUT2D eigenvalue weighted by molar-refractivity contribution is -0.134. The quantitative estimate of drug-likeness (QED) is 0.858. The van der Waals surface area contributed by atoms with Crippen molar-refractivity contribution in [2.24, 2.45) is 5.73 Å². The van der Waals surface area contributed by atoms with Crippen LogP contribution < -0.4 is 5.73 Å². The zero-order valence-electron chi connectivity index (χ0n) is 11.5. The Bertz CT molecular complexity index is 673. The molecule has 0 radical (unpaired) electrons. The Kier molecular flexibility index (Phi) is 5.39. The number of hydrogen-bond donors (Lipinski definition) is 1. The third-order valence-electron chi connectivity index (χ3n) is 2.55. The van der Waals surface area contributed by atoms with Crippen molar-refractivity contribution in [2.45, 2.75) is 18.0 Å². The molecule has 0 aliphatic rings. The van der Waals surface area contributed by atoms with E-state index in [1.807, 2.05) is 0 Å². The van der Waals surface area contributed by atoms with Gasteiger partial charge in [0.2, 0.25) is 10.0 Å². The van der Waals surface area contributed by atoms with Gasteiger partial charge in [-0.05, 0) is 24.6 Å². The van der Waals surface area contributed by atoms with E-state index in [0.717, 1.165) is 12.6 Å². The van der Waals surface area contributed by atoms with E-state index in [1.165, 1.54) is 18.2 Å². The molecule has 4 nitrogen and oxygen atoms in total. The van der Waals surface area contributed by atoms with Gasteiger partial charge in [0.15, 0.2) is 0 Å². The lowest BCUT2D eigenvalue weighted by Gasteiger charge is -2.19. The molecule has 0 spiro atoms. The molecule has 0 atom stereocenters. The summed E-state index contributed by atoms with van der Waals surface area (Å²) in [5.74, 6) is 5.08. The van der Waals surface area contributed by atoms with Crippen molar-refractivity contribution in [3.05, 3.63) is 29.3 Å². The van der Waals surface area contributed by atoms with E-state index >= 15 is 0 Å². The van der Waals surface area contributed by atoms with Crippen molar-refractivity contribution in [3.8, 4) is 11.8 Å². The minimum atomic E-state index is -4.62. The summed E-state index contributed by atoms with van der Waals surface area (Å²) in [5, 5.41) is 0. The minimum Gasteiger partial charge on any atom is -0.320 e. The van der Waals surface area contributed by atoms with E-state index in [1.54, 1.807) is 6.92 Å². The second-order valence-corrected chi connectivity index (χ2v) is 6.40. The van der Waals surface area contributed by atoms with Gasteiger partial charge in [-0.15, -0.1) is 0 Å². The fourth-order valence-electron chi connectivity index (χ4n) is 1.62. The van der Waals surface area contributed by atoms with Crippen LogP contribution in [0.4, 0.5) is 13.2 Å². The van der Waals surface area contributed by atoms with Crippen LogP contribution in [-0.2, 0) is 10.0 Å². The second kappa shape index (κ2) is 6.47. The molecule has 0 amide bonds. The summed E-state index contributed by atoms with van der Waals surface area (Å²) in [4.78, 5) is -0.263. The number of halogens is 3. The van der Waals surface area contributed by atoms with Crippen LogP contribution in [0, 0.1) is 18.8 Å². The fraction of sp³-hybridized carbons (Fsp3) is 0.385. The Balaban J connectivity index is 3.31. The maximum Gasteiger partial charge on any atom is 0.402 e. The van der Waals surface area contributed by atoms with E-state index in [0.29, 0.717) is 0 Å². The molecule has 0 aromatic heterocycles. The van der Waals surface area contributed by atoms with Crippen LogP contribution in [0.25, 0.3) is 0 Å². The Morgan fingerprint density at radius 3 is 2.48 bits per heavy atom. The summed E-state index contributed by atoms with van der Waals surface area (Å²) in [6, 6.07) is 4.25. The van der Waals surface area contributed by atoms with Gasteiger partial charge < -0.3 is 5.73 Å². The Hall–Kier alpha value is -1.56. The molecule has 8 heteroatoms. The van der Waals surface area contributed by atoms with Crippen LogP contribution in [0.3, 0.4) is 0 Å². The van der Waals surface area contributed by atoms with Crippen LogP contribution in [-0.4, -0.2) is 39.0 Å². The molecule has 116 valence electrons. The molecule has 2 N–H and O–H groups in total. The SMILES string of the molecule is Cc1ccc(S(=O)(=O)N(C)CC(F)(F)F)c(C#CCN)c1. The molecule has 1 aromatic rings. The molecule has 0 aliphatic carbocycles. The highest BCUT2D eigenvalue weighted by atomic mass is 32.2. The van der Waals surface area contributed by atoms with Gasteiger partial charge in [0, 0.05) is 12.6 Å². The zero-order valence-corrected chi connectivity index (χ0v) is 12.3. The maximum atomic E-state index is 12.4. The number of sulfonamides is 1. The van der Waals surface area contributed by atoms with Crippen molar-refractivity contribution in [2.75, 3.05) is 20.1 Å². The van der Waals surface area contributed by atoms with Gasteiger partial charge in [-0.25, -0.2) is 8.42 Å². The van der Waals surface area contributed by atoms with Crippen molar-refractivity contribution in [1.82, 2.24) is 4.31 Å². The smallest absolute Gasteiger partial charge is 0.320 e. The molecular formula is C13H15F3N2O2S. The largest absolute Gasteiger partial charge is 0.402 e. The Labute approximate surface area is 121 Å². The highest BCUT2D eigenvalue weighted by Gasteiger charge is 2.35. The Morgan fingerprint density at radius 2 is 1.95 bits per heavy atom. The van der Waals surface area contributed by atoms with Gasteiger partial charge in [-0.1, -0.05) is 17.9 Å². The number of rotatable bonds is 3. The lowest BCUT2D eigenvalue weighted by Crippen LogP contribution is -2.36. The number of benzene rings is 1. The lowest BCUT2D eigenvalue weighted by atomic mass is 10.1. The standard InChI is InChI=1S/C13H15F3N2O2S/c1-10-5-6-12(11(8-10)4-3-7-17)21(19,20)18(2)9-13(14,15)16/h5-6,8H,7,9,17H2,1-2H3. The monoisotopic (exact) mass is 320 g/mol. The van der Waals surface area contributed by atoms with Crippen molar-refractivity contribution in [3.63, 3.8) is 0 Å². The highest BCUT2D eigenvalue weighted by Crippen LogP contribution is 2.24. The van der Waals surface area contributed by atoms with Crippen molar-refractivity contribution >= 4 is 10.0 Å². The first-order valence-corrected chi connectivity index (χ1v) is 7.34. The van der Waals surface area contributed by atoms with Gasteiger partial charge >= 0.3 is 6.18 Å². The second-order valence-electron chi connectivity index (χ2n) is 4.38. The molecule has 21 heavy (non-hydrogen) atoms. The molecule has 0 saturated heterocycles. The van der Waals surface area contributed by atoms with E-state index in [-0.39, 0.29) is 21.3 Å². The topological polar surface area (TPSA) is 63.4 Å². The average molecular weight is 320 g/mol. The highest BCUT2D eigenvalue weighted by molar-refractivity contribution is 7.89. The third kappa shape index (κ3) is 4.74. The average Bonchev–Trinajstić information content (AvgIpc) is 2.34. The predicted octanol–water partition coefficient (Wildman–Crippen LogP) is 1.49. The van der Waals surface area contributed by atoms with Gasteiger partial charge in [-0.2, -0.15) is 17.5 Å². The summed E-state index contributed by atoms with van der Waals surface area (Å²) in [6.07, 6.45) is -4.62. The predicted molar refractivity (Wildman–Crippen MR) is 73.0 cm³/mol. The maximum absolute atomic E-state index is 12.4. The third-order valence-corrected chi connectivity index (χ3v) is 4.41.